The molecule has 2 aromatic rings. The zero-order valence-corrected chi connectivity index (χ0v) is 13.3. The number of nitrogens with one attached hydrogen (secondary N) is 1. The SMILES string of the molecule is Fc1cc(-c2nnc(CCCNC3CC3)s2)ccc1Br. The fourth-order valence-electron chi connectivity index (χ4n) is 1.93. The Hall–Kier alpha value is -0.850. The zero-order valence-electron chi connectivity index (χ0n) is 10.9. The molecule has 1 aromatic heterocycles. The van der Waals surface area contributed by atoms with Gasteiger partial charge < -0.3 is 5.32 Å². The van der Waals surface area contributed by atoms with Crippen LogP contribution in [0, 0.1) is 5.82 Å². The lowest BCUT2D eigenvalue weighted by atomic mass is 10.2. The third kappa shape index (κ3) is 3.62. The van der Waals surface area contributed by atoms with Gasteiger partial charge in [0.2, 0.25) is 0 Å². The molecule has 106 valence electrons. The summed E-state index contributed by atoms with van der Waals surface area (Å²) in [5, 5.41) is 13.6. The number of rotatable bonds is 6. The molecule has 3 nitrogen and oxygen atoms in total. The molecule has 1 N–H and O–H groups in total. The van der Waals surface area contributed by atoms with Gasteiger partial charge in [-0.05, 0) is 53.9 Å². The number of benzene rings is 1. The Morgan fingerprint density at radius 3 is 2.95 bits per heavy atom. The van der Waals surface area contributed by atoms with Crippen LogP contribution < -0.4 is 5.32 Å². The number of aromatic nitrogens is 2. The standard InChI is InChI=1S/C14H15BrFN3S/c15-11-6-3-9(8-12(11)16)14-19-18-13(20-14)2-1-7-17-10-4-5-10/h3,6,8,10,17H,1-2,4-5,7H2. The Kier molecular flexibility index (Phi) is 4.43. The Morgan fingerprint density at radius 1 is 1.35 bits per heavy atom. The van der Waals surface area contributed by atoms with Crippen LogP contribution in [0.5, 0.6) is 0 Å². The summed E-state index contributed by atoms with van der Waals surface area (Å²) in [6.07, 6.45) is 4.63. The van der Waals surface area contributed by atoms with Gasteiger partial charge in [0.1, 0.15) is 15.8 Å². The van der Waals surface area contributed by atoms with Crippen molar-refractivity contribution in [2.75, 3.05) is 6.54 Å². The van der Waals surface area contributed by atoms with Gasteiger partial charge in [0, 0.05) is 18.0 Å². The zero-order chi connectivity index (χ0) is 13.9. The number of hydrogen-bond donors (Lipinski definition) is 1. The van der Waals surface area contributed by atoms with Gasteiger partial charge in [-0.1, -0.05) is 17.4 Å². The van der Waals surface area contributed by atoms with Crippen molar-refractivity contribution in [3.8, 4) is 10.6 Å². The topological polar surface area (TPSA) is 37.8 Å². The van der Waals surface area contributed by atoms with Crippen LogP contribution in [0.25, 0.3) is 10.6 Å². The highest BCUT2D eigenvalue weighted by atomic mass is 79.9. The molecule has 1 fully saturated rings. The van der Waals surface area contributed by atoms with Gasteiger partial charge in [-0.15, -0.1) is 10.2 Å². The molecular formula is C14H15BrFN3S. The second kappa shape index (κ2) is 6.28. The van der Waals surface area contributed by atoms with Crippen molar-refractivity contribution in [1.29, 1.82) is 0 Å². The van der Waals surface area contributed by atoms with Gasteiger partial charge in [0.05, 0.1) is 4.47 Å². The molecule has 1 aliphatic carbocycles. The molecule has 0 saturated heterocycles. The van der Waals surface area contributed by atoms with Crippen molar-refractivity contribution in [1.82, 2.24) is 15.5 Å². The largest absolute Gasteiger partial charge is 0.314 e. The molecule has 1 heterocycles. The average molecular weight is 356 g/mol. The van der Waals surface area contributed by atoms with E-state index in [1.165, 1.54) is 18.9 Å². The molecule has 1 saturated carbocycles. The van der Waals surface area contributed by atoms with E-state index in [0.717, 1.165) is 41.0 Å². The minimum Gasteiger partial charge on any atom is -0.314 e. The van der Waals surface area contributed by atoms with Crippen molar-refractivity contribution in [3.05, 3.63) is 33.5 Å². The molecular weight excluding hydrogens is 341 g/mol. The summed E-state index contributed by atoms with van der Waals surface area (Å²) in [6.45, 7) is 1.03. The predicted molar refractivity (Wildman–Crippen MR) is 82.3 cm³/mol. The third-order valence-corrected chi connectivity index (χ3v) is 4.89. The van der Waals surface area contributed by atoms with E-state index in [1.54, 1.807) is 17.4 Å². The van der Waals surface area contributed by atoms with E-state index < -0.39 is 0 Å². The summed E-state index contributed by atoms with van der Waals surface area (Å²) < 4.78 is 14.0. The van der Waals surface area contributed by atoms with Crippen LogP contribution in [0.15, 0.2) is 22.7 Å². The van der Waals surface area contributed by atoms with E-state index in [2.05, 4.69) is 31.4 Å². The maximum atomic E-state index is 13.5. The maximum Gasteiger partial charge on any atom is 0.147 e. The minimum absolute atomic E-state index is 0.270. The number of hydrogen-bond acceptors (Lipinski definition) is 4. The maximum absolute atomic E-state index is 13.5. The summed E-state index contributed by atoms with van der Waals surface area (Å²) >= 11 is 4.69. The fourth-order valence-corrected chi connectivity index (χ4v) is 3.06. The summed E-state index contributed by atoms with van der Waals surface area (Å²) in [7, 11) is 0. The summed E-state index contributed by atoms with van der Waals surface area (Å²) in [6, 6.07) is 5.80. The van der Waals surface area contributed by atoms with Crippen LogP contribution in [0.1, 0.15) is 24.3 Å². The summed E-state index contributed by atoms with van der Waals surface area (Å²) in [5.74, 6) is -0.270. The van der Waals surface area contributed by atoms with E-state index in [-0.39, 0.29) is 5.82 Å². The van der Waals surface area contributed by atoms with Crippen LogP contribution in [0.4, 0.5) is 4.39 Å². The Bertz CT molecular complexity index is 598. The molecule has 0 aliphatic heterocycles. The van der Waals surface area contributed by atoms with Crippen molar-refractivity contribution in [2.24, 2.45) is 0 Å². The van der Waals surface area contributed by atoms with Gasteiger partial charge in [-0.25, -0.2) is 4.39 Å². The molecule has 0 spiro atoms. The van der Waals surface area contributed by atoms with E-state index in [0.29, 0.717) is 4.47 Å². The first kappa shape index (κ1) is 14.1. The van der Waals surface area contributed by atoms with Crippen LogP contribution >= 0.6 is 27.3 Å². The quantitative estimate of drug-likeness (QED) is 0.801. The first-order chi connectivity index (χ1) is 9.72. The molecule has 0 amide bonds. The molecule has 3 rings (SSSR count). The van der Waals surface area contributed by atoms with Crippen molar-refractivity contribution in [2.45, 2.75) is 31.7 Å². The predicted octanol–water partition coefficient (Wildman–Crippen LogP) is 3.79. The number of nitrogens with zero attached hydrogens (tertiary/aromatic N) is 2. The highest BCUT2D eigenvalue weighted by molar-refractivity contribution is 9.10. The normalized spacial score (nSPS) is 14.7. The molecule has 20 heavy (non-hydrogen) atoms. The Morgan fingerprint density at radius 2 is 2.20 bits per heavy atom. The van der Waals surface area contributed by atoms with Crippen molar-refractivity contribution >= 4 is 27.3 Å². The van der Waals surface area contributed by atoms with Gasteiger partial charge in [0.25, 0.3) is 0 Å². The lowest BCUT2D eigenvalue weighted by Gasteiger charge is -1.99. The first-order valence-corrected chi connectivity index (χ1v) is 8.34. The van der Waals surface area contributed by atoms with Crippen molar-refractivity contribution < 1.29 is 4.39 Å². The van der Waals surface area contributed by atoms with Crippen molar-refractivity contribution in [3.63, 3.8) is 0 Å². The van der Waals surface area contributed by atoms with Gasteiger partial charge >= 0.3 is 0 Å². The summed E-state index contributed by atoms with van der Waals surface area (Å²) in [4.78, 5) is 0. The second-order valence-corrected chi connectivity index (χ2v) is 6.88. The fraction of sp³-hybridized carbons (Fsp3) is 0.429. The first-order valence-electron chi connectivity index (χ1n) is 6.73. The number of halogens is 2. The lowest BCUT2D eigenvalue weighted by Crippen LogP contribution is -2.17. The van der Waals surface area contributed by atoms with Crippen LogP contribution in [-0.4, -0.2) is 22.8 Å². The number of aryl methyl sites for hydroxylation is 1. The smallest absolute Gasteiger partial charge is 0.147 e. The third-order valence-electron chi connectivity index (χ3n) is 3.21. The highest BCUT2D eigenvalue weighted by Gasteiger charge is 2.19. The van der Waals surface area contributed by atoms with Crippen LogP contribution in [-0.2, 0) is 6.42 Å². The molecule has 0 unspecified atom stereocenters. The molecule has 0 bridgehead atoms. The van der Waals surface area contributed by atoms with E-state index >= 15 is 0 Å². The van der Waals surface area contributed by atoms with Gasteiger partial charge in [0.15, 0.2) is 0 Å². The highest BCUT2D eigenvalue weighted by Crippen LogP contribution is 2.27. The van der Waals surface area contributed by atoms with E-state index in [4.69, 9.17) is 0 Å². The van der Waals surface area contributed by atoms with Gasteiger partial charge in [-0.2, -0.15) is 0 Å². The second-order valence-electron chi connectivity index (χ2n) is 4.96. The van der Waals surface area contributed by atoms with E-state index in [1.807, 2.05) is 6.07 Å². The molecule has 1 aliphatic rings. The lowest BCUT2D eigenvalue weighted by molar-refractivity contribution is 0.621. The Labute approximate surface area is 129 Å². The van der Waals surface area contributed by atoms with Crippen LogP contribution in [0.3, 0.4) is 0 Å². The Balaban J connectivity index is 1.58. The monoisotopic (exact) mass is 355 g/mol. The molecule has 6 heteroatoms. The molecule has 0 atom stereocenters. The average Bonchev–Trinajstić information content (AvgIpc) is 3.15. The molecule has 1 aromatic carbocycles. The van der Waals surface area contributed by atoms with Gasteiger partial charge in [-0.3, -0.25) is 0 Å². The summed E-state index contributed by atoms with van der Waals surface area (Å²) in [5.41, 5.74) is 0.783. The minimum atomic E-state index is -0.270. The van der Waals surface area contributed by atoms with E-state index in [9.17, 15) is 4.39 Å². The molecule has 0 radical (unpaired) electrons. The van der Waals surface area contributed by atoms with Crippen LogP contribution in [0.2, 0.25) is 0 Å².